The van der Waals surface area contributed by atoms with Crippen LogP contribution < -0.4 is 5.32 Å². The first-order chi connectivity index (χ1) is 9.02. The van der Waals surface area contributed by atoms with Crippen molar-refractivity contribution in [3.8, 4) is 0 Å². The Morgan fingerprint density at radius 1 is 1.37 bits per heavy atom. The summed E-state index contributed by atoms with van der Waals surface area (Å²) >= 11 is 0. The minimum atomic E-state index is -0.201. The van der Waals surface area contributed by atoms with Crippen molar-refractivity contribution in [1.29, 1.82) is 0 Å². The lowest BCUT2D eigenvalue weighted by Crippen LogP contribution is -2.46. The summed E-state index contributed by atoms with van der Waals surface area (Å²) in [6.07, 6.45) is 1.42. The molecule has 1 aromatic carbocycles. The van der Waals surface area contributed by atoms with Crippen molar-refractivity contribution in [3.63, 3.8) is 0 Å². The fourth-order valence-corrected chi connectivity index (χ4v) is 2.89. The predicted molar refractivity (Wildman–Crippen MR) is 74.6 cm³/mol. The van der Waals surface area contributed by atoms with Crippen LogP contribution in [0.2, 0.25) is 0 Å². The molecule has 0 saturated carbocycles. The van der Waals surface area contributed by atoms with Gasteiger partial charge in [0.2, 0.25) is 11.8 Å². The number of imide groups is 1. The molecule has 3 atom stereocenters. The molecule has 0 aromatic heterocycles. The molecule has 3 unspecified atom stereocenters. The number of carbonyl (C=O) groups is 2. The van der Waals surface area contributed by atoms with Gasteiger partial charge in [0.25, 0.3) is 0 Å². The van der Waals surface area contributed by atoms with Gasteiger partial charge in [0.05, 0.1) is 5.92 Å². The highest BCUT2D eigenvalue weighted by molar-refractivity contribution is 6.01. The average molecular weight is 259 g/mol. The van der Waals surface area contributed by atoms with Crippen molar-refractivity contribution >= 4 is 11.8 Å². The first kappa shape index (κ1) is 13.8. The molecule has 19 heavy (non-hydrogen) atoms. The molecule has 1 saturated heterocycles. The van der Waals surface area contributed by atoms with E-state index in [0.717, 1.165) is 17.5 Å². The lowest BCUT2D eigenvalue weighted by molar-refractivity contribution is -0.137. The number of carbonyl (C=O) groups excluding carboxylic acids is 2. The predicted octanol–water partition coefficient (Wildman–Crippen LogP) is 2.79. The summed E-state index contributed by atoms with van der Waals surface area (Å²) in [4.78, 5) is 23.8. The topological polar surface area (TPSA) is 46.2 Å². The van der Waals surface area contributed by atoms with E-state index in [0.29, 0.717) is 12.3 Å². The maximum Gasteiger partial charge on any atom is 0.234 e. The second-order valence-electron chi connectivity index (χ2n) is 5.56. The van der Waals surface area contributed by atoms with Gasteiger partial charge in [0.15, 0.2) is 0 Å². The summed E-state index contributed by atoms with van der Waals surface area (Å²) in [6, 6.07) is 8.04. The zero-order valence-electron chi connectivity index (χ0n) is 11.8. The smallest absolute Gasteiger partial charge is 0.234 e. The Balaban J connectivity index is 2.37. The van der Waals surface area contributed by atoms with Crippen LogP contribution >= 0.6 is 0 Å². The third-order valence-electron chi connectivity index (χ3n) is 4.17. The molecule has 3 nitrogen and oxygen atoms in total. The molecule has 1 N–H and O–H groups in total. The largest absolute Gasteiger partial charge is 0.296 e. The van der Waals surface area contributed by atoms with Gasteiger partial charge in [-0.25, -0.2) is 0 Å². The molecule has 0 bridgehead atoms. The van der Waals surface area contributed by atoms with Gasteiger partial charge in [-0.15, -0.1) is 0 Å². The van der Waals surface area contributed by atoms with Gasteiger partial charge in [0, 0.05) is 6.42 Å². The highest BCUT2D eigenvalue weighted by Crippen LogP contribution is 2.37. The Hall–Kier alpha value is -1.64. The van der Waals surface area contributed by atoms with E-state index in [1.807, 2.05) is 25.1 Å². The Bertz CT molecular complexity index is 495. The van der Waals surface area contributed by atoms with Crippen LogP contribution in [0.1, 0.15) is 43.7 Å². The van der Waals surface area contributed by atoms with Crippen LogP contribution in [-0.2, 0) is 9.59 Å². The van der Waals surface area contributed by atoms with Gasteiger partial charge in [-0.1, -0.05) is 50.1 Å². The van der Waals surface area contributed by atoms with Crippen LogP contribution in [-0.4, -0.2) is 11.8 Å². The SMILES string of the molecule is CCC(C)C1CC(=O)NC(=O)C1c1cccc(C)c1. The normalized spacial score (nSPS) is 25.0. The second-order valence-corrected chi connectivity index (χ2v) is 5.56. The molecule has 2 rings (SSSR count). The van der Waals surface area contributed by atoms with Crippen LogP contribution in [0.15, 0.2) is 24.3 Å². The summed E-state index contributed by atoms with van der Waals surface area (Å²) in [7, 11) is 0. The van der Waals surface area contributed by atoms with Crippen molar-refractivity contribution in [2.75, 3.05) is 0 Å². The maximum atomic E-state index is 12.2. The van der Waals surface area contributed by atoms with Gasteiger partial charge in [-0.05, 0) is 24.3 Å². The van der Waals surface area contributed by atoms with E-state index in [4.69, 9.17) is 0 Å². The van der Waals surface area contributed by atoms with Gasteiger partial charge < -0.3 is 0 Å². The average Bonchev–Trinajstić information content (AvgIpc) is 2.36. The molecule has 0 spiro atoms. The molecule has 1 aromatic rings. The van der Waals surface area contributed by atoms with E-state index >= 15 is 0 Å². The number of benzene rings is 1. The summed E-state index contributed by atoms with van der Waals surface area (Å²) in [5.74, 6) is -0.0209. The lowest BCUT2D eigenvalue weighted by Gasteiger charge is -2.34. The quantitative estimate of drug-likeness (QED) is 0.848. The van der Waals surface area contributed by atoms with Crippen LogP contribution in [0.4, 0.5) is 0 Å². The zero-order chi connectivity index (χ0) is 14.0. The molecule has 3 heteroatoms. The van der Waals surface area contributed by atoms with Crippen molar-refractivity contribution in [3.05, 3.63) is 35.4 Å². The van der Waals surface area contributed by atoms with Gasteiger partial charge in [-0.2, -0.15) is 0 Å². The van der Waals surface area contributed by atoms with Crippen molar-refractivity contribution in [2.24, 2.45) is 11.8 Å². The summed E-state index contributed by atoms with van der Waals surface area (Å²) in [5, 5.41) is 2.48. The Kier molecular flexibility index (Phi) is 4.03. The number of amides is 2. The van der Waals surface area contributed by atoms with E-state index in [1.165, 1.54) is 0 Å². The Morgan fingerprint density at radius 3 is 2.74 bits per heavy atom. The molecule has 2 amide bonds. The highest BCUT2D eigenvalue weighted by atomic mass is 16.2. The number of hydrogen-bond acceptors (Lipinski definition) is 2. The summed E-state index contributed by atoms with van der Waals surface area (Å²) < 4.78 is 0. The standard InChI is InChI=1S/C16H21NO2/c1-4-11(3)13-9-14(18)17-16(19)15(13)12-7-5-6-10(2)8-12/h5-8,11,13,15H,4,9H2,1-3H3,(H,17,18,19). The van der Waals surface area contributed by atoms with E-state index < -0.39 is 0 Å². The minimum absolute atomic E-state index is 0.105. The van der Waals surface area contributed by atoms with E-state index in [9.17, 15) is 9.59 Å². The lowest BCUT2D eigenvalue weighted by atomic mass is 9.73. The molecule has 0 aliphatic carbocycles. The number of piperidine rings is 1. The minimum Gasteiger partial charge on any atom is -0.296 e. The molecule has 1 aliphatic heterocycles. The van der Waals surface area contributed by atoms with Crippen molar-refractivity contribution < 1.29 is 9.59 Å². The number of rotatable bonds is 3. The maximum absolute atomic E-state index is 12.2. The molecule has 1 aliphatic rings. The van der Waals surface area contributed by atoms with E-state index in [2.05, 4.69) is 25.2 Å². The first-order valence-electron chi connectivity index (χ1n) is 6.93. The molecule has 1 fully saturated rings. The number of hydrogen-bond donors (Lipinski definition) is 1. The van der Waals surface area contributed by atoms with Crippen LogP contribution in [0.25, 0.3) is 0 Å². The zero-order valence-corrected chi connectivity index (χ0v) is 11.8. The van der Waals surface area contributed by atoms with E-state index in [-0.39, 0.29) is 23.7 Å². The highest BCUT2D eigenvalue weighted by Gasteiger charge is 2.39. The third kappa shape index (κ3) is 2.86. The molecular formula is C16H21NO2. The van der Waals surface area contributed by atoms with Crippen LogP contribution in [0, 0.1) is 18.8 Å². The number of aryl methyl sites for hydroxylation is 1. The summed E-state index contributed by atoms with van der Waals surface area (Å²) in [6.45, 7) is 6.25. The molecule has 0 radical (unpaired) electrons. The summed E-state index contributed by atoms with van der Waals surface area (Å²) in [5.41, 5.74) is 2.17. The van der Waals surface area contributed by atoms with Crippen LogP contribution in [0.3, 0.4) is 0 Å². The van der Waals surface area contributed by atoms with Crippen molar-refractivity contribution in [1.82, 2.24) is 5.32 Å². The Labute approximate surface area is 114 Å². The van der Waals surface area contributed by atoms with E-state index in [1.54, 1.807) is 0 Å². The second kappa shape index (κ2) is 5.55. The molecular weight excluding hydrogens is 238 g/mol. The number of nitrogens with one attached hydrogen (secondary N) is 1. The fourth-order valence-electron chi connectivity index (χ4n) is 2.89. The third-order valence-corrected chi connectivity index (χ3v) is 4.17. The van der Waals surface area contributed by atoms with Crippen LogP contribution in [0.5, 0.6) is 0 Å². The van der Waals surface area contributed by atoms with Gasteiger partial charge in [-0.3, -0.25) is 14.9 Å². The first-order valence-corrected chi connectivity index (χ1v) is 6.93. The fraction of sp³-hybridized carbons (Fsp3) is 0.500. The monoisotopic (exact) mass is 259 g/mol. The molecule has 102 valence electrons. The van der Waals surface area contributed by atoms with Crippen molar-refractivity contribution in [2.45, 2.75) is 39.5 Å². The molecule has 1 heterocycles. The van der Waals surface area contributed by atoms with Gasteiger partial charge in [0.1, 0.15) is 0 Å². The Morgan fingerprint density at radius 2 is 2.11 bits per heavy atom. The van der Waals surface area contributed by atoms with Gasteiger partial charge >= 0.3 is 0 Å².